The lowest BCUT2D eigenvalue weighted by atomic mass is 9.76. The largest absolute Gasteiger partial charge is 0.491 e. The molecule has 150 valence electrons. The van der Waals surface area contributed by atoms with Crippen LogP contribution < -0.4 is 10.8 Å². The fourth-order valence-corrected chi connectivity index (χ4v) is 2.15. The Balaban J connectivity index is 2.05. The molecule has 0 atom stereocenters. The molecule has 6 nitrogen and oxygen atoms in total. The van der Waals surface area contributed by atoms with Crippen molar-refractivity contribution in [3.63, 3.8) is 0 Å². The minimum absolute atomic E-state index is 0.0412. The molecular weight excluding hydrogens is 364 g/mol. The second-order valence-electron chi connectivity index (χ2n) is 7.47. The van der Waals surface area contributed by atoms with Crippen molar-refractivity contribution in [1.82, 2.24) is 0 Å². The number of rotatable bonds is 7. The molecule has 0 unspecified atom stereocenters. The minimum Gasteiger partial charge on any atom is -0.444 e. The van der Waals surface area contributed by atoms with Crippen molar-refractivity contribution >= 4 is 24.4 Å². The van der Waals surface area contributed by atoms with E-state index in [0.717, 1.165) is 11.6 Å². The molecule has 3 N–H and O–H groups in total. The van der Waals surface area contributed by atoms with Gasteiger partial charge in [-0.25, -0.2) is 9.18 Å². The summed E-state index contributed by atoms with van der Waals surface area (Å²) in [7, 11) is -1.43. The lowest BCUT2D eigenvalue weighted by Crippen LogP contribution is -2.53. The van der Waals surface area contributed by atoms with Crippen molar-refractivity contribution in [2.75, 3.05) is 5.32 Å². The Morgan fingerprint density at radius 3 is 2.39 bits per heavy atom. The average Bonchev–Trinajstić information content (AvgIpc) is 2.61. The molecule has 2 aromatic carbocycles. The van der Waals surface area contributed by atoms with Gasteiger partial charge in [0, 0.05) is 0 Å². The van der Waals surface area contributed by atoms with E-state index in [9.17, 15) is 19.3 Å². The number of anilines is 1. The Bertz CT molecular complexity index is 808. The van der Waals surface area contributed by atoms with Gasteiger partial charge in [-0.05, 0) is 50.9 Å². The highest BCUT2D eigenvalue weighted by Gasteiger charge is 2.39. The third-order valence-electron chi connectivity index (χ3n) is 4.60. The third-order valence-corrected chi connectivity index (χ3v) is 4.60. The van der Waals surface area contributed by atoms with Crippen molar-refractivity contribution in [3.8, 4) is 0 Å². The zero-order chi connectivity index (χ0) is 20.9. The van der Waals surface area contributed by atoms with E-state index >= 15 is 0 Å². The van der Waals surface area contributed by atoms with Crippen molar-refractivity contribution in [2.24, 2.45) is 0 Å². The highest BCUT2D eigenvalue weighted by molar-refractivity contribution is 6.60. The van der Waals surface area contributed by atoms with E-state index in [4.69, 9.17) is 9.39 Å². The Labute approximate surface area is 164 Å². The molecule has 0 spiro atoms. The van der Waals surface area contributed by atoms with Crippen molar-refractivity contribution in [2.45, 2.75) is 45.5 Å². The number of nitrogens with one attached hydrogen (secondary N) is 1. The van der Waals surface area contributed by atoms with Crippen LogP contribution in [0.25, 0.3) is 0 Å². The first-order chi connectivity index (χ1) is 13.0. The maximum atomic E-state index is 14.1. The van der Waals surface area contributed by atoms with Crippen LogP contribution in [0.4, 0.5) is 14.9 Å². The van der Waals surface area contributed by atoms with Crippen LogP contribution in [0.15, 0.2) is 48.5 Å². The molecule has 0 saturated carbocycles. The first kappa shape index (κ1) is 21.9. The zero-order valence-corrected chi connectivity index (χ0v) is 16.4. The quantitative estimate of drug-likeness (QED) is 0.634. The van der Waals surface area contributed by atoms with Crippen LogP contribution >= 0.6 is 0 Å². The van der Waals surface area contributed by atoms with Crippen molar-refractivity contribution in [3.05, 3.63) is 59.9 Å². The number of hydrogen-bond acceptors (Lipinski definition) is 5. The average molecular weight is 389 g/mol. The summed E-state index contributed by atoms with van der Waals surface area (Å²) in [5.74, 6) is -0.686. The van der Waals surface area contributed by atoms with Crippen molar-refractivity contribution in [1.29, 1.82) is 0 Å². The molecule has 2 aromatic rings. The van der Waals surface area contributed by atoms with Gasteiger partial charge in [0.1, 0.15) is 12.4 Å². The van der Waals surface area contributed by atoms with Crippen LogP contribution in [-0.2, 0) is 16.0 Å². The standard InChI is InChI=1S/C20H25BFNO5/c1-19(2,25)20(3,4)28-21(26)15-10-11-16(22)17(12-15)23-18(24)27-13-14-8-6-5-7-9-14/h5-12,25-26H,13H2,1-4H3,(H,23,24). The van der Waals surface area contributed by atoms with E-state index in [1.807, 2.05) is 18.2 Å². The lowest BCUT2D eigenvalue weighted by Gasteiger charge is -2.38. The predicted octanol–water partition coefficient (Wildman–Crippen LogP) is 2.83. The van der Waals surface area contributed by atoms with Gasteiger partial charge in [-0.2, -0.15) is 0 Å². The fraction of sp³-hybridized carbons (Fsp3) is 0.350. The first-order valence-corrected chi connectivity index (χ1v) is 8.85. The molecule has 0 aliphatic rings. The van der Waals surface area contributed by atoms with Gasteiger partial charge >= 0.3 is 13.2 Å². The summed E-state index contributed by atoms with van der Waals surface area (Å²) in [5.41, 5.74) is -1.44. The molecule has 8 heteroatoms. The molecule has 2 rings (SSSR count). The monoisotopic (exact) mass is 389 g/mol. The second kappa shape index (κ2) is 8.73. The fourth-order valence-electron chi connectivity index (χ4n) is 2.15. The Hall–Kier alpha value is -2.42. The smallest absolute Gasteiger partial charge is 0.444 e. The summed E-state index contributed by atoms with van der Waals surface area (Å²) in [5, 5.41) is 22.8. The second-order valence-corrected chi connectivity index (χ2v) is 7.47. The van der Waals surface area contributed by atoms with Gasteiger partial charge in [0.25, 0.3) is 0 Å². The Morgan fingerprint density at radius 2 is 1.79 bits per heavy atom. The summed E-state index contributed by atoms with van der Waals surface area (Å²) >= 11 is 0. The Kier molecular flexibility index (Phi) is 6.82. The number of ether oxygens (including phenoxy) is 1. The number of benzene rings is 2. The van der Waals surface area contributed by atoms with Gasteiger partial charge in [-0.3, -0.25) is 5.32 Å². The molecule has 0 aliphatic heterocycles. The van der Waals surface area contributed by atoms with Gasteiger partial charge in [-0.15, -0.1) is 0 Å². The molecule has 0 radical (unpaired) electrons. The van der Waals surface area contributed by atoms with Gasteiger partial charge < -0.3 is 19.5 Å². The van der Waals surface area contributed by atoms with Crippen LogP contribution in [0.1, 0.15) is 33.3 Å². The van der Waals surface area contributed by atoms with Crippen LogP contribution in [0, 0.1) is 5.82 Å². The van der Waals surface area contributed by atoms with Gasteiger partial charge in [0.15, 0.2) is 0 Å². The molecule has 0 aliphatic carbocycles. The molecule has 0 heterocycles. The molecule has 0 fully saturated rings. The zero-order valence-electron chi connectivity index (χ0n) is 16.4. The summed E-state index contributed by atoms with van der Waals surface area (Å²) in [6, 6.07) is 12.8. The molecule has 0 bridgehead atoms. The number of aliphatic hydroxyl groups is 1. The van der Waals surface area contributed by atoms with Crippen LogP contribution in [-0.4, -0.2) is 34.5 Å². The third kappa shape index (κ3) is 5.79. The predicted molar refractivity (Wildman–Crippen MR) is 106 cm³/mol. The van der Waals surface area contributed by atoms with Crippen LogP contribution in [0.3, 0.4) is 0 Å². The maximum absolute atomic E-state index is 14.1. The molecule has 0 aromatic heterocycles. The number of amides is 1. The summed E-state index contributed by atoms with van der Waals surface area (Å²) in [4.78, 5) is 12.0. The highest BCUT2D eigenvalue weighted by atomic mass is 19.1. The van der Waals surface area contributed by atoms with E-state index in [0.29, 0.717) is 0 Å². The van der Waals surface area contributed by atoms with Crippen LogP contribution in [0.5, 0.6) is 0 Å². The SMILES string of the molecule is CC(C)(O)C(C)(C)OB(O)c1ccc(F)c(NC(=O)OCc2ccccc2)c1. The van der Waals surface area contributed by atoms with E-state index in [2.05, 4.69) is 5.32 Å². The summed E-state index contributed by atoms with van der Waals surface area (Å²) < 4.78 is 24.7. The van der Waals surface area contributed by atoms with E-state index in [1.54, 1.807) is 39.8 Å². The maximum Gasteiger partial charge on any atom is 0.491 e. The molecule has 0 saturated heterocycles. The Morgan fingerprint density at radius 1 is 1.14 bits per heavy atom. The van der Waals surface area contributed by atoms with Crippen LogP contribution in [0.2, 0.25) is 0 Å². The summed E-state index contributed by atoms with van der Waals surface area (Å²) in [6.45, 7) is 6.40. The van der Waals surface area contributed by atoms with Crippen molar-refractivity contribution < 1.29 is 28.7 Å². The van der Waals surface area contributed by atoms with Gasteiger partial charge in [-0.1, -0.05) is 36.4 Å². The normalized spacial score (nSPS) is 11.8. The van der Waals surface area contributed by atoms with Gasteiger partial charge in [0.2, 0.25) is 0 Å². The number of carbonyl (C=O) groups excluding carboxylic acids is 1. The lowest BCUT2D eigenvalue weighted by molar-refractivity contribution is -0.0982. The topological polar surface area (TPSA) is 88.0 Å². The van der Waals surface area contributed by atoms with E-state index in [1.165, 1.54) is 12.1 Å². The number of halogens is 1. The molecule has 28 heavy (non-hydrogen) atoms. The number of hydrogen-bond donors (Lipinski definition) is 3. The van der Waals surface area contributed by atoms with Gasteiger partial charge in [0.05, 0.1) is 16.9 Å². The number of carbonyl (C=O) groups is 1. The summed E-state index contributed by atoms with van der Waals surface area (Å²) in [6.07, 6.45) is -0.827. The molecular formula is C20H25BFNO5. The molecule has 1 amide bonds. The first-order valence-electron chi connectivity index (χ1n) is 8.85. The minimum atomic E-state index is -1.43. The highest BCUT2D eigenvalue weighted by Crippen LogP contribution is 2.25. The van der Waals surface area contributed by atoms with E-state index in [-0.39, 0.29) is 17.8 Å². The van der Waals surface area contributed by atoms with E-state index < -0.39 is 30.2 Å².